The molecular formula is C36H49I. The largest absolute Gasteiger partial charge is 0.0610 e. The zero-order valence-corrected chi connectivity index (χ0v) is 27.5. The molecule has 3 aromatic rings. The van der Waals surface area contributed by atoms with Gasteiger partial charge in [-0.05, 0) is 114 Å². The Morgan fingerprint density at radius 1 is 0.432 bits per heavy atom. The van der Waals surface area contributed by atoms with Gasteiger partial charge in [-0.2, -0.15) is 0 Å². The number of rotatable bonds is 8. The van der Waals surface area contributed by atoms with E-state index in [0.29, 0.717) is 35.5 Å². The molecule has 0 amide bonds. The predicted octanol–water partition coefficient (Wildman–Crippen LogP) is 12.4. The SMILES string of the molecule is CC(C)c1cc(C(C)C)c(-c2cccc(-c3c(C(C)C)cc(C(C)C)cc3C(C)C)c2I)c(C(C)C)c1. The molecule has 3 aromatic carbocycles. The highest BCUT2D eigenvalue weighted by Gasteiger charge is 2.24. The van der Waals surface area contributed by atoms with Crippen LogP contribution in [0.15, 0.2) is 42.5 Å². The third kappa shape index (κ3) is 6.18. The normalized spacial score (nSPS) is 12.3. The summed E-state index contributed by atoms with van der Waals surface area (Å²) in [6.45, 7) is 28.1. The van der Waals surface area contributed by atoms with Gasteiger partial charge in [0.2, 0.25) is 0 Å². The Balaban J connectivity index is 2.44. The van der Waals surface area contributed by atoms with Crippen LogP contribution >= 0.6 is 22.6 Å². The molecule has 0 aliphatic carbocycles. The van der Waals surface area contributed by atoms with Crippen LogP contribution in [-0.4, -0.2) is 0 Å². The summed E-state index contributed by atoms with van der Waals surface area (Å²) in [6.07, 6.45) is 0. The van der Waals surface area contributed by atoms with Crippen molar-refractivity contribution < 1.29 is 0 Å². The van der Waals surface area contributed by atoms with Crippen molar-refractivity contribution in [1.82, 2.24) is 0 Å². The van der Waals surface area contributed by atoms with E-state index in [4.69, 9.17) is 0 Å². The first-order valence-electron chi connectivity index (χ1n) is 14.4. The number of halogens is 1. The van der Waals surface area contributed by atoms with Gasteiger partial charge in [0.25, 0.3) is 0 Å². The quantitative estimate of drug-likeness (QED) is 0.223. The van der Waals surface area contributed by atoms with Crippen LogP contribution in [0.1, 0.15) is 152 Å². The van der Waals surface area contributed by atoms with Crippen molar-refractivity contribution in [2.24, 2.45) is 0 Å². The molecule has 37 heavy (non-hydrogen) atoms. The van der Waals surface area contributed by atoms with E-state index in [0.717, 1.165) is 0 Å². The number of hydrogen-bond donors (Lipinski definition) is 0. The predicted molar refractivity (Wildman–Crippen MR) is 175 cm³/mol. The van der Waals surface area contributed by atoms with E-state index in [2.05, 4.69) is 148 Å². The average Bonchev–Trinajstić information content (AvgIpc) is 2.82. The molecule has 200 valence electrons. The Hall–Kier alpha value is -1.61. The fourth-order valence-corrected chi connectivity index (χ4v) is 6.35. The van der Waals surface area contributed by atoms with Crippen LogP contribution in [0.25, 0.3) is 22.3 Å². The highest BCUT2D eigenvalue weighted by molar-refractivity contribution is 14.1. The summed E-state index contributed by atoms with van der Waals surface area (Å²) in [5.74, 6) is 2.91. The standard InChI is InChI=1S/C36H49I/c1-20(2)26-16-30(22(5)6)34(31(17-26)23(7)8)28-14-13-15-29(36(28)37)35-32(24(9)10)18-27(21(3)4)19-33(35)25(11)12/h13-25H,1-12H3. The summed E-state index contributed by atoms with van der Waals surface area (Å²) in [7, 11) is 0. The van der Waals surface area contributed by atoms with Gasteiger partial charge in [0.05, 0.1) is 0 Å². The second-order valence-corrected chi connectivity index (χ2v) is 13.8. The van der Waals surface area contributed by atoms with Crippen molar-refractivity contribution in [3.8, 4) is 22.3 Å². The monoisotopic (exact) mass is 608 g/mol. The van der Waals surface area contributed by atoms with Crippen LogP contribution in [0.4, 0.5) is 0 Å². The third-order valence-corrected chi connectivity index (χ3v) is 8.96. The Bertz CT molecular complexity index is 1090. The fraction of sp³-hybridized carbons (Fsp3) is 0.500. The molecule has 0 unspecified atom stereocenters. The van der Waals surface area contributed by atoms with E-state index < -0.39 is 0 Å². The van der Waals surface area contributed by atoms with Gasteiger partial charge < -0.3 is 0 Å². The maximum Gasteiger partial charge on any atom is 0.0287 e. The zero-order chi connectivity index (χ0) is 27.8. The Labute approximate surface area is 241 Å². The molecule has 0 saturated heterocycles. The molecule has 0 bridgehead atoms. The molecule has 0 N–H and O–H groups in total. The lowest BCUT2D eigenvalue weighted by molar-refractivity contribution is 0.806. The molecule has 0 spiro atoms. The highest BCUT2D eigenvalue weighted by atomic mass is 127. The number of hydrogen-bond acceptors (Lipinski definition) is 0. The van der Waals surface area contributed by atoms with Gasteiger partial charge in [-0.3, -0.25) is 0 Å². The molecular weight excluding hydrogens is 559 g/mol. The molecule has 0 atom stereocenters. The second-order valence-electron chi connectivity index (χ2n) is 12.7. The van der Waals surface area contributed by atoms with E-state index in [1.165, 1.54) is 59.2 Å². The van der Waals surface area contributed by atoms with E-state index >= 15 is 0 Å². The van der Waals surface area contributed by atoms with Crippen LogP contribution in [0, 0.1) is 3.57 Å². The van der Waals surface area contributed by atoms with Crippen LogP contribution in [-0.2, 0) is 0 Å². The van der Waals surface area contributed by atoms with Gasteiger partial charge in [0.15, 0.2) is 0 Å². The van der Waals surface area contributed by atoms with E-state index in [1.807, 2.05) is 0 Å². The van der Waals surface area contributed by atoms with Crippen molar-refractivity contribution in [3.05, 3.63) is 79.4 Å². The van der Waals surface area contributed by atoms with Gasteiger partial charge in [-0.15, -0.1) is 0 Å². The van der Waals surface area contributed by atoms with E-state index in [9.17, 15) is 0 Å². The summed E-state index contributed by atoms with van der Waals surface area (Å²) in [6, 6.07) is 16.9. The van der Waals surface area contributed by atoms with Crippen molar-refractivity contribution >= 4 is 22.6 Å². The summed E-state index contributed by atoms with van der Waals surface area (Å²) in [5, 5.41) is 0. The van der Waals surface area contributed by atoms with Crippen LogP contribution in [0.2, 0.25) is 0 Å². The van der Waals surface area contributed by atoms with Crippen molar-refractivity contribution in [2.75, 3.05) is 0 Å². The lowest BCUT2D eigenvalue weighted by Gasteiger charge is -2.27. The first kappa shape index (κ1) is 29.9. The molecule has 0 aliphatic heterocycles. The lowest BCUT2D eigenvalue weighted by Crippen LogP contribution is -2.07. The van der Waals surface area contributed by atoms with Gasteiger partial charge in [-0.25, -0.2) is 0 Å². The minimum Gasteiger partial charge on any atom is -0.0610 e. The first-order valence-corrected chi connectivity index (χ1v) is 15.5. The summed E-state index contributed by atoms with van der Waals surface area (Å²) in [4.78, 5) is 0. The van der Waals surface area contributed by atoms with Gasteiger partial charge >= 0.3 is 0 Å². The van der Waals surface area contributed by atoms with E-state index in [-0.39, 0.29) is 0 Å². The fourth-order valence-electron chi connectivity index (χ4n) is 5.45. The molecule has 0 fully saturated rings. The molecule has 0 radical (unpaired) electrons. The zero-order valence-electron chi connectivity index (χ0n) is 25.4. The van der Waals surface area contributed by atoms with Crippen LogP contribution < -0.4 is 0 Å². The first-order chi connectivity index (χ1) is 17.3. The summed E-state index contributed by atoms with van der Waals surface area (Å²) in [5.41, 5.74) is 14.5. The van der Waals surface area contributed by atoms with Gasteiger partial charge in [0, 0.05) is 3.57 Å². The highest BCUT2D eigenvalue weighted by Crippen LogP contribution is 2.46. The van der Waals surface area contributed by atoms with Crippen LogP contribution in [0.5, 0.6) is 0 Å². The minimum absolute atomic E-state index is 0.466. The lowest BCUT2D eigenvalue weighted by atomic mass is 9.79. The Kier molecular flexibility index (Phi) is 9.76. The summed E-state index contributed by atoms with van der Waals surface area (Å²) < 4.78 is 1.38. The van der Waals surface area contributed by atoms with Crippen molar-refractivity contribution in [2.45, 2.75) is 119 Å². The van der Waals surface area contributed by atoms with Crippen molar-refractivity contribution in [1.29, 1.82) is 0 Å². The summed E-state index contributed by atoms with van der Waals surface area (Å²) >= 11 is 2.65. The minimum atomic E-state index is 0.466. The number of benzene rings is 3. The average molecular weight is 609 g/mol. The van der Waals surface area contributed by atoms with Crippen molar-refractivity contribution in [3.63, 3.8) is 0 Å². The Morgan fingerprint density at radius 3 is 0.919 bits per heavy atom. The topological polar surface area (TPSA) is 0 Å². The van der Waals surface area contributed by atoms with Gasteiger partial charge in [0.1, 0.15) is 0 Å². The maximum atomic E-state index is 2.65. The Morgan fingerprint density at radius 2 is 0.703 bits per heavy atom. The molecule has 0 saturated carbocycles. The molecule has 0 heterocycles. The molecule has 1 heteroatoms. The third-order valence-electron chi connectivity index (χ3n) is 7.80. The molecule has 0 aliphatic rings. The molecule has 0 nitrogen and oxygen atoms in total. The second kappa shape index (κ2) is 12.1. The maximum absolute atomic E-state index is 2.65. The molecule has 3 rings (SSSR count). The molecule has 0 aromatic heterocycles. The van der Waals surface area contributed by atoms with Crippen LogP contribution in [0.3, 0.4) is 0 Å². The van der Waals surface area contributed by atoms with Gasteiger partial charge in [-0.1, -0.05) is 126 Å². The smallest absolute Gasteiger partial charge is 0.0287 e. The van der Waals surface area contributed by atoms with E-state index in [1.54, 1.807) is 0 Å².